The summed E-state index contributed by atoms with van der Waals surface area (Å²) >= 11 is 0. The molecule has 2 atom stereocenters. The molecule has 2 N–H and O–H groups in total. The van der Waals surface area contributed by atoms with Crippen LogP contribution in [0.2, 0.25) is 0 Å². The van der Waals surface area contributed by atoms with E-state index in [0.29, 0.717) is 23.9 Å². The van der Waals surface area contributed by atoms with Gasteiger partial charge in [0.05, 0.1) is 0 Å². The molecule has 86 valence electrons. The summed E-state index contributed by atoms with van der Waals surface area (Å²) in [6.45, 7) is 12.3. The molecule has 0 radical (unpaired) electrons. The lowest BCUT2D eigenvalue weighted by Crippen LogP contribution is -2.42. The minimum atomic E-state index is 0.321. The van der Waals surface area contributed by atoms with E-state index in [1.54, 1.807) is 0 Å². The van der Waals surface area contributed by atoms with Crippen molar-refractivity contribution in [1.29, 1.82) is 0 Å². The smallest absolute Gasteiger partial charge is 0.0170 e. The summed E-state index contributed by atoms with van der Waals surface area (Å²) in [6, 6.07) is 0.939. The molecule has 0 aromatic rings. The molecular formula is C12H28N2. The monoisotopic (exact) mass is 200 g/mol. The third-order valence-electron chi connectivity index (χ3n) is 2.96. The Morgan fingerprint density at radius 3 is 1.93 bits per heavy atom. The first kappa shape index (κ1) is 13.9. The molecule has 2 unspecified atom stereocenters. The quantitative estimate of drug-likeness (QED) is 0.713. The van der Waals surface area contributed by atoms with Crippen LogP contribution in [0.15, 0.2) is 0 Å². The minimum absolute atomic E-state index is 0.321. The molecule has 0 spiro atoms. The van der Waals surface area contributed by atoms with Crippen molar-refractivity contribution in [2.75, 3.05) is 13.6 Å². The number of hydrogen-bond acceptors (Lipinski definition) is 2. The third kappa shape index (κ3) is 5.61. The lowest BCUT2D eigenvalue weighted by atomic mass is 10.0. The average Bonchev–Trinajstić information content (AvgIpc) is 2.00. The molecule has 0 bridgehead atoms. The Labute approximate surface area is 89.9 Å². The molecule has 0 rings (SSSR count). The Morgan fingerprint density at radius 2 is 1.57 bits per heavy atom. The molecule has 0 saturated heterocycles. The van der Waals surface area contributed by atoms with Crippen molar-refractivity contribution in [2.45, 2.75) is 53.1 Å². The minimum Gasteiger partial charge on any atom is -0.327 e. The molecule has 0 aromatic carbocycles. The van der Waals surface area contributed by atoms with Crippen LogP contribution in [0, 0.1) is 11.8 Å². The fourth-order valence-electron chi connectivity index (χ4n) is 1.73. The van der Waals surface area contributed by atoms with Crippen LogP contribution in [-0.2, 0) is 0 Å². The summed E-state index contributed by atoms with van der Waals surface area (Å²) in [6.07, 6.45) is 1.12. The summed E-state index contributed by atoms with van der Waals surface area (Å²) < 4.78 is 0. The third-order valence-corrected chi connectivity index (χ3v) is 2.96. The molecule has 0 amide bonds. The molecule has 0 aromatic heterocycles. The van der Waals surface area contributed by atoms with E-state index in [-0.39, 0.29) is 0 Å². The molecule has 0 aliphatic heterocycles. The van der Waals surface area contributed by atoms with Crippen molar-refractivity contribution in [1.82, 2.24) is 4.90 Å². The van der Waals surface area contributed by atoms with E-state index in [2.05, 4.69) is 46.6 Å². The largest absolute Gasteiger partial charge is 0.327 e. The van der Waals surface area contributed by atoms with Crippen LogP contribution >= 0.6 is 0 Å². The maximum absolute atomic E-state index is 6.07. The van der Waals surface area contributed by atoms with Crippen molar-refractivity contribution in [3.8, 4) is 0 Å². The fraction of sp³-hybridized carbons (Fsp3) is 1.00. The number of nitrogens with zero attached hydrogens (tertiary/aromatic N) is 1. The Bertz CT molecular complexity index is 143. The summed E-state index contributed by atoms with van der Waals surface area (Å²) in [5.41, 5.74) is 6.07. The van der Waals surface area contributed by atoms with E-state index < -0.39 is 0 Å². The van der Waals surface area contributed by atoms with Crippen molar-refractivity contribution in [3.63, 3.8) is 0 Å². The zero-order valence-corrected chi connectivity index (χ0v) is 10.7. The van der Waals surface area contributed by atoms with Crippen molar-refractivity contribution < 1.29 is 0 Å². The molecule has 2 nitrogen and oxygen atoms in total. The van der Waals surface area contributed by atoms with Gasteiger partial charge in [-0.1, -0.05) is 27.7 Å². The van der Waals surface area contributed by atoms with Crippen LogP contribution < -0.4 is 5.73 Å². The number of hydrogen-bond donors (Lipinski definition) is 1. The lowest BCUT2D eigenvalue weighted by Gasteiger charge is -2.30. The first-order valence-electron chi connectivity index (χ1n) is 5.80. The van der Waals surface area contributed by atoms with E-state index in [4.69, 9.17) is 5.73 Å². The second-order valence-electron chi connectivity index (χ2n) is 5.31. The molecule has 14 heavy (non-hydrogen) atoms. The molecule has 0 heterocycles. The average molecular weight is 200 g/mol. The van der Waals surface area contributed by atoms with E-state index in [1.807, 2.05) is 0 Å². The molecule has 2 heteroatoms. The van der Waals surface area contributed by atoms with Crippen LogP contribution in [0.5, 0.6) is 0 Å². The maximum Gasteiger partial charge on any atom is 0.0170 e. The van der Waals surface area contributed by atoms with Gasteiger partial charge in [0.15, 0.2) is 0 Å². The van der Waals surface area contributed by atoms with Gasteiger partial charge in [0.2, 0.25) is 0 Å². The summed E-state index contributed by atoms with van der Waals surface area (Å²) in [7, 11) is 2.17. The maximum atomic E-state index is 6.07. The highest BCUT2D eigenvalue weighted by atomic mass is 15.1. The Balaban J connectivity index is 3.86. The first-order chi connectivity index (χ1) is 6.34. The van der Waals surface area contributed by atoms with Crippen LogP contribution in [0.3, 0.4) is 0 Å². The van der Waals surface area contributed by atoms with Gasteiger partial charge < -0.3 is 10.6 Å². The van der Waals surface area contributed by atoms with Crippen molar-refractivity contribution >= 4 is 0 Å². The molecular weight excluding hydrogens is 172 g/mol. The van der Waals surface area contributed by atoms with E-state index in [1.165, 1.54) is 0 Å². The molecule has 0 aliphatic carbocycles. The van der Waals surface area contributed by atoms with E-state index in [0.717, 1.165) is 13.0 Å². The Kier molecular flexibility index (Phi) is 6.38. The first-order valence-corrected chi connectivity index (χ1v) is 5.80. The molecule has 0 aliphatic rings. The van der Waals surface area contributed by atoms with Crippen LogP contribution in [0.4, 0.5) is 0 Å². The van der Waals surface area contributed by atoms with Gasteiger partial charge in [-0.05, 0) is 32.2 Å². The highest BCUT2D eigenvalue weighted by molar-refractivity contribution is 4.73. The van der Waals surface area contributed by atoms with Crippen LogP contribution in [-0.4, -0.2) is 30.6 Å². The highest BCUT2D eigenvalue weighted by Gasteiger charge is 2.16. The fourth-order valence-corrected chi connectivity index (χ4v) is 1.73. The second-order valence-corrected chi connectivity index (χ2v) is 5.31. The zero-order chi connectivity index (χ0) is 11.3. The number of likely N-dealkylation sites (N-methyl/N-ethyl adjacent to an activating group) is 1. The normalized spacial score (nSPS) is 16.7. The van der Waals surface area contributed by atoms with Gasteiger partial charge in [0, 0.05) is 18.6 Å². The Morgan fingerprint density at radius 1 is 1.07 bits per heavy atom. The summed E-state index contributed by atoms with van der Waals surface area (Å²) in [5.74, 6) is 1.40. The molecule has 0 fully saturated rings. The van der Waals surface area contributed by atoms with Crippen LogP contribution in [0.1, 0.15) is 41.0 Å². The van der Waals surface area contributed by atoms with Gasteiger partial charge in [0.1, 0.15) is 0 Å². The number of nitrogens with two attached hydrogens (primary N) is 1. The van der Waals surface area contributed by atoms with Gasteiger partial charge in [-0.25, -0.2) is 0 Å². The van der Waals surface area contributed by atoms with Crippen molar-refractivity contribution in [2.24, 2.45) is 17.6 Å². The second kappa shape index (κ2) is 6.41. The van der Waals surface area contributed by atoms with Crippen molar-refractivity contribution in [3.05, 3.63) is 0 Å². The predicted molar refractivity (Wildman–Crippen MR) is 64.4 cm³/mol. The Hall–Kier alpha value is -0.0800. The summed E-state index contributed by atoms with van der Waals surface area (Å²) in [4.78, 5) is 2.37. The van der Waals surface area contributed by atoms with E-state index >= 15 is 0 Å². The topological polar surface area (TPSA) is 29.3 Å². The lowest BCUT2D eigenvalue weighted by molar-refractivity contribution is 0.191. The van der Waals surface area contributed by atoms with E-state index in [9.17, 15) is 0 Å². The predicted octanol–water partition coefficient (Wildman–Crippen LogP) is 2.34. The number of rotatable bonds is 6. The SMILES string of the molecule is CC(C)CC(N)CN(C)C(C)C(C)C. The van der Waals surface area contributed by atoms with Gasteiger partial charge in [-0.15, -0.1) is 0 Å². The zero-order valence-electron chi connectivity index (χ0n) is 10.7. The highest BCUT2D eigenvalue weighted by Crippen LogP contribution is 2.10. The van der Waals surface area contributed by atoms with Gasteiger partial charge in [-0.3, -0.25) is 0 Å². The van der Waals surface area contributed by atoms with Gasteiger partial charge in [-0.2, -0.15) is 0 Å². The van der Waals surface area contributed by atoms with Gasteiger partial charge >= 0.3 is 0 Å². The standard InChI is InChI=1S/C12H28N2/c1-9(2)7-12(13)8-14(6)11(5)10(3)4/h9-12H,7-8,13H2,1-6H3. The van der Waals surface area contributed by atoms with Gasteiger partial charge in [0.25, 0.3) is 0 Å². The molecule has 0 saturated carbocycles. The summed E-state index contributed by atoms with van der Waals surface area (Å²) in [5, 5.41) is 0. The van der Waals surface area contributed by atoms with Crippen LogP contribution in [0.25, 0.3) is 0 Å².